The zero-order valence-electron chi connectivity index (χ0n) is 33.9. The van der Waals surface area contributed by atoms with Crippen molar-refractivity contribution in [2.75, 3.05) is 6.23 Å². The van der Waals surface area contributed by atoms with Crippen LogP contribution in [0, 0.1) is 0 Å². The summed E-state index contributed by atoms with van der Waals surface area (Å²) in [5, 5.41) is 0. The standard InChI is InChI=1S/C26H70O11Si10/c1-25(2)26(27)28-24-47(35-44(21,29-38(3,4)5)30-39(6,7)8,36-45(22,31-40(9,10)11)32-41(12,13)14)37-46(23,33-42(15,16)17)34-43(18,19)20/h1,24H2,2-23H3. The Labute approximate surface area is 298 Å². The summed E-state index contributed by atoms with van der Waals surface area (Å²) in [6, 6.07) is 0. The van der Waals surface area contributed by atoms with Gasteiger partial charge in [0.05, 0.1) is 0 Å². The maximum absolute atomic E-state index is 13.1. The van der Waals surface area contributed by atoms with Crippen LogP contribution in [0.1, 0.15) is 6.92 Å². The zero-order valence-corrected chi connectivity index (χ0v) is 43.9. The van der Waals surface area contributed by atoms with Crippen LogP contribution in [-0.4, -0.2) is 97.3 Å². The molecule has 0 N–H and O–H groups in total. The van der Waals surface area contributed by atoms with Crippen molar-refractivity contribution in [2.45, 2.75) is 144 Å². The molecule has 280 valence electrons. The predicted molar refractivity (Wildman–Crippen MR) is 216 cm³/mol. The molecule has 0 spiro atoms. The topological polar surface area (TPSA) is 109 Å². The first-order chi connectivity index (χ1) is 20.2. The fourth-order valence-electron chi connectivity index (χ4n) is 4.80. The van der Waals surface area contributed by atoms with Crippen molar-refractivity contribution in [3.63, 3.8) is 0 Å². The second-order valence-corrected chi connectivity index (χ2v) is 57.7. The molecule has 0 saturated carbocycles. The first kappa shape index (κ1) is 48.0. The maximum Gasteiger partial charge on any atom is 0.518 e. The van der Waals surface area contributed by atoms with E-state index in [0.717, 1.165) is 0 Å². The van der Waals surface area contributed by atoms with E-state index < -0.39 is 91.1 Å². The van der Waals surface area contributed by atoms with E-state index in [1.54, 1.807) is 6.92 Å². The quantitative estimate of drug-likeness (QED) is 0.0631. The average molecular weight is 840 g/mol. The summed E-state index contributed by atoms with van der Waals surface area (Å²) in [4.78, 5) is 13.1. The molecule has 0 aromatic rings. The summed E-state index contributed by atoms with van der Waals surface area (Å²) in [7, 11) is -28.8. The molecule has 0 fully saturated rings. The molecular weight excluding hydrogens is 769 g/mol. The van der Waals surface area contributed by atoms with E-state index in [4.69, 9.17) is 41.8 Å². The average Bonchev–Trinajstić information content (AvgIpc) is 2.61. The lowest BCUT2D eigenvalue weighted by molar-refractivity contribution is -0.138. The van der Waals surface area contributed by atoms with Crippen molar-refractivity contribution in [3.05, 3.63) is 12.2 Å². The highest BCUT2D eigenvalue weighted by Crippen LogP contribution is 2.35. The molecule has 11 nitrogen and oxygen atoms in total. The molecular formula is C26H70O11Si10. The van der Waals surface area contributed by atoms with E-state index in [-0.39, 0.29) is 11.8 Å². The Hall–Kier alpha value is 1.02. The normalized spacial score (nSPS) is 15.2. The van der Waals surface area contributed by atoms with E-state index in [0.29, 0.717) is 0 Å². The fraction of sp³-hybridized carbons (Fsp3) is 0.885. The van der Waals surface area contributed by atoms with Crippen molar-refractivity contribution in [3.8, 4) is 0 Å². The smallest absolute Gasteiger partial charge is 0.458 e. The predicted octanol–water partition coefficient (Wildman–Crippen LogP) is 8.45. The van der Waals surface area contributed by atoms with Crippen molar-refractivity contribution in [2.24, 2.45) is 0 Å². The number of esters is 1. The van der Waals surface area contributed by atoms with Gasteiger partial charge in [0.25, 0.3) is 0 Å². The number of carbonyl (C=O) groups excluding carboxylic acids is 1. The van der Waals surface area contributed by atoms with Crippen LogP contribution >= 0.6 is 0 Å². The van der Waals surface area contributed by atoms with Crippen LogP contribution in [0.5, 0.6) is 0 Å². The molecule has 0 aromatic carbocycles. The van der Waals surface area contributed by atoms with E-state index in [9.17, 15) is 4.79 Å². The number of hydrogen-bond donors (Lipinski definition) is 0. The number of rotatable bonds is 21. The van der Waals surface area contributed by atoms with Gasteiger partial charge in [0.15, 0.2) is 56.1 Å². The molecule has 0 saturated heterocycles. The summed E-state index contributed by atoms with van der Waals surface area (Å²) in [6.07, 6.45) is -0.356. The number of carbonyl (C=O) groups is 1. The van der Waals surface area contributed by atoms with Crippen LogP contribution in [0.3, 0.4) is 0 Å². The SMILES string of the molecule is C=C(C)C(=O)OC[Si](O[Si](C)(O[Si](C)(C)C)O[Si](C)(C)C)(O[Si](C)(O[Si](C)(C)C)O[Si](C)(C)C)O[Si](C)(O[Si](C)(C)C)O[Si](C)(C)C. The highest BCUT2D eigenvalue weighted by atomic mass is 28.6. The van der Waals surface area contributed by atoms with Gasteiger partial charge in [-0.2, -0.15) is 0 Å². The largest absolute Gasteiger partial charge is 0.518 e. The molecule has 21 heteroatoms. The van der Waals surface area contributed by atoms with Crippen LogP contribution in [-0.2, 0) is 46.6 Å². The molecule has 0 amide bonds. The molecule has 0 aliphatic carbocycles. The van der Waals surface area contributed by atoms with Gasteiger partial charge in [0, 0.05) is 25.2 Å². The summed E-state index contributed by atoms with van der Waals surface area (Å²) in [6.45, 7) is 48.6. The second-order valence-electron chi connectivity index (χ2n) is 18.2. The molecule has 0 unspecified atom stereocenters. The Balaban J connectivity index is 8.04. The van der Waals surface area contributed by atoms with Gasteiger partial charge in [0.1, 0.15) is 0 Å². The monoisotopic (exact) mass is 838 g/mol. The third kappa shape index (κ3) is 22.5. The molecule has 47 heavy (non-hydrogen) atoms. The van der Waals surface area contributed by atoms with Crippen LogP contribution in [0.25, 0.3) is 0 Å². The summed E-state index contributed by atoms with van der Waals surface area (Å²) < 4.78 is 68.6. The highest BCUT2D eigenvalue weighted by molar-refractivity contribution is 6.95. The molecule has 0 aliphatic heterocycles. The molecule has 0 aliphatic rings. The van der Waals surface area contributed by atoms with E-state index >= 15 is 0 Å². The Morgan fingerprint density at radius 2 is 0.596 bits per heavy atom. The van der Waals surface area contributed by atoms with Gasteiger partial charge in [-0.25, -0.2) is 4.79 Å². The minimum Gasteiger partial charge on any atom is -0.458 e. The van der Waals surface area contributed by atoms with Crippen LogP contribution in [0.4, 0.5) is 0 Å². The lowest BCUT2D eigenvalue weighted by atomic mass is 10.4. The van der Waals surface area contributed by atoms with Crippen LogP contribution in [0.15, 0.2) is 12.2 Å². The van der Waals surface area contributed by atoms with Crippen molar-refractivity contribution in [1.29, 1.82) is 0 Å². The van der Waals surface area contributed by atoms with Crippen LogP contribution < -0.4 is 0 Å². The van der Waals surface area contributed by atoms with Gasteiger partial charge in [0.2, 0.25) is 0 Å². The van der Waals surface area contributed by atoms with E-state index in [2.05, 4.69) is 124 Å². The van der Waals surface area contributed by atoms with Crippen molar-refractivity contribution >= 4 is 91.1 Å². The third-order valence-corrected chi connectivity index (χ3v) is 37.0. The zero-order chi connectivity index (χ0) is 37.9. The maximum atomic E-state index is 13.1. The van der Waals surface area contributed by atoms with Crippen molar-refractivity contribution in [1.82, 2.24) is 0 Å². The van der Waals surface area contributed by atoms with Gasteiger partial charge in [-0.05, 0) is 125 Å². The van der Waals surface area contributed by atoms with E-state index in [1.165, 1.54) is 0 Å². The first-order valence-electron chi connectivity index (χ1n) is 16.3. The number of hydrogen-bond acceptors (Lipinski definition) is 11. The lowest BCUT2D eigenvalue weighted by Crippen LogP contribution is -2.73. The summed E-state index contributed by atoms with van der Waals surface area (Å²) in [5.74, 6) is -0.598. The van der Waals surface area contributed by atoms with Gasteiger partial charge in [-0.15, -0.1) is 0 Å². The lowest BCUT2D eigenvalue weighted by Gasteiger charge is -2.48. The van der Waals surface area contributed by atoms with Gasteiger partial charge in [-0.3, -0.25) is 0 Å². The molecule has 0 heterocycles. The molecule has 0 radical (unpaired) electrons. The van der Waals surface area contributed by atoms with Gasteiger partial charge < -0.3 is 41.8 Å². The fourth-order valence-corrected chi connectivity index (χ4v) is 45.8. The second kappa shape index (κ2) is 16.4. The molecule has 0 rings (SSSR count). The molecule has 0 atom stereocenters. The van der Waals surface area contributed by atoms with Crippen molar-refractivity contribution < 1.29 is 46.6 Å². The summed E-state index contributed by atoms with van der Waals surface area (Å²) in [5.41, 5.74) is 0.234. The minimum absolute atomic E-state index is 0.234. The Kier molecular flexibility index (Phi) is 16.7. The van der Waals surface area contributed by atoms with Gasteiger partial charge >= 0.3 is 41.2 Å². The molecule has 0 bridgehead atoms. The minimum atomic E-state index is -4.32. The third-order valence-electron chi connectivity index (χ3n) is 4.70. The number of ether oxygens (including phenoxy) is 1. The first-order valence-corrected chi connectivity index (χ1v) is 45.4. The Morgan fingerprint density at radius 1 is 0.404 bits per heavy atom. The van der Waals surface area contributed by atoms with Crippen LogP contribution in [0.2, 0.25) is 137 Å². The Bertz CT molecular complexity index is 897. The highest BCUT2D eigenvalue weighted by Gasteiger charge is 2.64. The van der Waals surface area contributed by atoms with E-state index in [1.807, 2.05) is 19.6 Å². The Morgan fingerprint density at radius 3 is 0.745 bits per heavy atom. The van der Waals surface area contributed by atoms with Gasteiger partial charge in [-0.1, -0.05) is 6.58 Å². The molecule has 0 aromatic heterocycles. The summed E-state index contributed by atoms with van der Waals surface area (Å²) >= 11 is 0.